The van der Waals surface area contributed by atoms with Crippen molar-refractivity contribution >= 4 is 0 Å². The molecule has 0 bridgehead atoms. The highest BCUT2D eigenvalue weighted by atomic mass is 19.2. The van der Waals surface area contributed by atoms with Crippen molar-refractivity contribution in [3.05, 3.63) is 34.9 Å². The summed E-state index contributed by atoms with van der Waals surface area (Å²) in [6.45, 7) is 2.56. The molecular weight excluding hydrogens is 244 g/mol. The molecular formula is C16H21F2N. The van der Waals surface area contributed by atoms with Crippen LogP contribution in [0.15, 0.2) is 12.1 Å². The molecule has 2 aliphatic rings. The van der Waals surface area contributed by atoms with E-state index in [1.54, 1.807) is 19.1 Å². The van der Waals surface area contributed by atoms with Crippen molar-refractivity contribution < 1.29 is 8.78 Å². The Balaban J connectivity index is 1.77. The average molecular weight is 265 g/mol. The minimum absolute atomic E-state index is 0.182. The lowest BCUT2D eigenvalue weighted by molar-refractivity contribution is 0.418. The van der Waals surface area contributed by atoms with Crippen LogP contribution in [-0.2, 0) is 0 Å². The van der Waals surface area contributed by atoms with Gasteiger partial charge in [0.05, 0.1) is 0 Å². The number of hydrogen-bond donors (Lipinski definition) is 1. The summed E-state index contributed by atoms with van der Waals surface area (Å²) in [6, 6.07) is 4.17. The molecule has 2 atom stereocenters. The summed E-state index contributed by atoms with van der Waals surface area (Å²) in [5.74, 6) is -0.653. The van der Waals surface area contributed by atoms with Gasteiger partial charge in [-0.05, 0) is 62.1 Å². The zero-order valence-electron chi connectivity index (χ0n) is 11.4. The van der Waals surface area contributed by atoms with Gasteiger partial charge in [-0.25, -0.2) is 8.78 Å². The van der Waals surface area contributed by atoms with E-state index in [-0.39, 0.29) is 5.92 Å². The van der Waals surface area contributed by atoms with Gasteiger partial charge in [0.25, 0.3) is 0 Å². The fourth-order valence-electron chi connectivity index (χ4n) is 3.24. The first-order valence-electron chi connectivity index (χ1n) is 7.34. The van der Waals surface area contributed by atoms with Crippen molar-refractivity contribution in [2.45, 2.75) is 51.0 Å². The molecule has 1 aromatic carbocycles. The number of rotatable bonds is 4. The fourth-order valence-corrected chi connectivity index (χ4v) is 3.24. The number of benzene rings is 1. The summed E-state index contributed by atoms with van der Waals surface area (Å²) < 4.78 is 27.8. The number of halogens is 2. The van der Waals surface area contributed by atoms with Gasteiger partial charge in [-0.3, -0.25) is 0 Å². The molecule has 0 radical (unpaired) electrons. The normalized spacial score (nSPS) is 26.9. The Hall–Kier alpha value is -0.960. The molecule has 104 valence electrons. The zero-order chi connectivity index (χ0) is 13.4. The Morgan fingerprint density at radius 1 is 1.11 bits per heavy atom. The second-order valence-corrected chi connectivity index (χ2v) is 6.08. The first-order valence-corrected chi connectivity index (χ1v) is 7.34. The van der Waals surface area contributed by atoms with Crippen LogP contribution in [0.2, 0.25) is 0 Å². The maximum Gasteiger partial charge on any atom is 0.162 e. The van der Waals surface area contributed by atoms with E-state index >= 15 is 0 Å². The van der Waals surface area contributed by atoms with Gasteiger partial charge in [0, 0.05) is 6.04 Å². The van der Waals surface area contributed by atoms with Gasteiger partial charge in [0.15, 0.2) is 11.6 Å². The van der Waals surface area contributed by atoms with Crippen LogP contribution < -0.4 is 5.32 Å². The van der Waals surface area contributed by atoms with Crippen LogP contribution in [0.5, 0.6) is 0 Å². The van der Waals surface area contributed by atoms with Gasteiger partial charge in [0.1, 0.15) is 0 Å². The lowest BCUT2D eigenvalue weighted by atomic mass is 9.88. The molecule has 3 heteroatoms. The Morgan fingerprint density at radius 3 is 2.63 bits per heavy atom. The maximum atomic E-state index is 14.1. The predicted molar refractivity (Wildman–Crippen MR) is 72.2 cm³/mol. The topological polar surface area (TPSA) is 12.0 Å². The monoisotopic (exact) mass is 265 g/mol. The van der Waals surface area contributed by atoms with E-state index < -0.39 is 11.6 Å². The molecule has 2 fully saturated rings. The fraction of sp³-hybridized carbons (Fsp3) is 0.625. The minimum Gasteiger partial charge on any atom is -0.314 e. The summed E-state index contributed by atoms with van der Waals surface area (Å²) in [6.07, 6.45) is 5.77. The Kier molecular flexibility index (Phi) is 3.57. The van der Waals surface area contributed by atoms with E-state index in [9.17, 15) is 8.78 Å². The van der Waals surface area contributed by atoms with Crippen LogP contribution in [0, 0.1) is 24.5 Å². The van der Waals surface area contributed by atoms with Crippen LogP contribution in [0.3, 0.4) is 0 Å². The summed E-state index contributed by atoms with van der Waals surface area (Å²) in [5.41, 5.74) is 0.982. The Bertz CT molecular complexity index is 468. The van der Waals surface area contributed by atoms with E-state index in [4.69, 9.17) is 0 Å². The average Bonchev–Trinajstić information content (AvgIpc) is 3.12. The third kappa shape index (κ3) is 2.66. The third-order valence-corrected chi connectivity index (χ3v) is 4.61. The molecule has 1 nitrogen and oxygen atoms in total. The van der Waals surface area contributed by atoms with Gasteiger partial charge in [-0.1, -0.05) is 18.6 Å². The molecule has 0 saturated heterocycles. The van der Waals surface area contributed by atoms with E-state index in [2.05, 4.69) is 5.32 Å². The van der Waals surface area contributed by atoms with Crippen molar-refractivity contribution in [3.63, 3.8) is 0 Å². The highest BCUT2D eigenvalue weighted by Crippen LogP contribution is 2.41. The van der Waals surface area contributed by atoms with Crippen LogP contribution in [0.1, 0.15) is 49.1 Å². The van der Waals surface area contributed by atoms with Crippen LogP contribution >= 0.6 is 0 Å². The molecule has 2 saturated carbocycles. The Labute approximate surface area is 113 Å². The molecule has 0 aliphatic heterocycles. The number of hydrogen-bond acceptors (Lipinski definition) is 1. The summed E-state index contributed by atoms with van der Waals surface area (Å²) in [4.78, 5) is 0. The Morgan fingerprint density at radius 2 is 1.89 bits per heavy atom. The smallest absolute Gasteiger partial charge is 0.162 e. The first-order chi connectivity index (χ1) is 9.16. The lowest BCUT2D eigenvalue weighted by Gasteiger charge is -2.21. The third-order valence-electron chi connectivity index (χ3n) is 4.61. The maximum absolute atomic E-state index is 14.1. The molecule has 0 amide bonds. The van der Waals surface area contributed by atoms with Gasteiger partial charge in [0.2, 0.25) is 0 Å². The molecule has 3 rings (SSSR count). The highest BCUT2D eigenvalue weighted by Gasteiger charge is 2.32. The van der Waals surface area contributed by atoms with Crippen molar-refractivity contribution in [3.8, 4) is 0 Å². The van der Waals surface area contributed by atoms with Gasteiger partial charge >= 0.3 is 0 Å². The molecule has 0 aromatic heterocycles. The first kappa shape index (κ1) is 13.0. The van der Waals surface area contributed by atoms with Crippen LogP contribution in [0.4, 0.5) is 8.78 Å². The molecule has 2 unspecified atom stereocenters. The van der Waals surface area contributed by atoms with Crippen molar-refractivity contribution in [1.29, 1.82) is 0 Å². The molecule has 2 aliphatic carbocycles. The summed E-state index contributed by atoms with van der Waals surface area (Å²) in [7, 11) is 0. The van der Waals surface area contributed by atoms with E-state index in [1.807, 2.05) is 0 Å². The van der Waals surface area contributed by atoms with Gasteiger partial charge in [-0.15, -0.1) is 0 Å². The molecule has 1 N–H and O–H groups in total. The molecule has 1 aromatic rings. The van der Waals surface area contributed by atoms with Crippen molar-refractivity contribution in [2.24, 2.45) is 5.92 Å². The van der Waals surface area contributed by atoms with Gasteiger partial charge in [-0.2, -0.15) is 0 Å². The molecule has 0 heterocycles. The molecule has 19 heavy (non-hydrogen) atoms. The van der Waals surface area contributed by atoms with Gasteiger partial charge < -0.3 is 5.32 Å². The SMILES string of the molecule is Cc1ccc(C2CCCC2CNC2CC2)c(F)c1F. The van der Waals surface area contributed by atoms with Crippen molar-refractivity contribution in [2.75, 3.05) is 6.54 Å². The second-order valence-electron chi connectivity index (χ2n) is 6.08. The van der Waals surface area contributed by atoms with E-state index in [1.165, 1.54) is 12.8 Å². The predicted octanol–water partition coefficient (Wildman–Crippen LogP) is 3.91. The second kappa shape index (κ2) is 5.20. The standard InChI is InChI=1S/C16H21F2N/c1-10-5-8-14(16(18)15(10)17)13-4-2-3-11(13)9-19-12-6-7-12/h5,8,11-13,19H,2-4,6-7,9H2,1H3. The van der Waals surface area contributed by atoms with E-state index in [0.29, 0.717) is 23.1 Å². The quantitative estimate of drug-likeness (QED) is 0.870. The highest BCUT2D eigenvalue weighted by molar-refractivity contribution is 5.29. The van der Waals surface area contributed by atoms with Crippen LogP contribution in [0.25, 0.3) is 0 Å². The number of aryl methyl sites for hydroxylation is 1. The lowest BCUT2D eigenvalue weighted by Crippen LogP contribution is -2.26. The van der Waals surface area contributed by atoms with E-state index in [0.717, 1.165) is 25.8 Å². The number of nitrogens with one attached hydrogen (secondary N) is 1. The van der Waals surface area contributed by atoms with Crippen molar-refractivity contribution in [1.82, 2.24) is 5.32 Å². The minimum atomic E-state index is -0.668. The largest absolute Gasteiger partial charge is 0.314 e. The zero-order valence-corrected chi connectivity index (χ0v) is 11.4. The van der Waals surface area contributed by atoms with Crippen LogP contribution in [-0.4, -0.2) is 12.6 Å². The summed E-state index contributed by atoms with van der Waals surface area (Å²) in [5, 5.41) is 3.53. The summed E-state index contributed by atoms with van der Waals surface area (Å²) >= 11 is 0. The molecule has 0 spiro atoms.